The molecular formula is C15H22BrNO. The Morgan fingerprint density at radius 1 is 1.44 bits per heavy atom. The van der Waals surface area contributed by atoms with Crippen LogP contribution in [0.15, 0.2) is 22.7 Å². The third kappa shape index (κ3) is 3.56. The van der Waals surface area contributed by atoms with Crippen molar-refractivity contribution in [1.82, 2.24) is 5.32 Å². The average molecular weight is 312 g/mol. The van der Waals surface area contributed by atoms with Crippen LogP contribution < -0.4 is 5.32 Å². The summed E-state index contributed by atoms with van der Waals surface area (Å²) in [6.45, 7) is 7.11. The average Bonchev–Trinajstić information content (AvgIpc) is 2.36. The normalized spacial score (nSPS) is 21.8. The van der Waals surface area contributed by atoms with Crippen molar-refractivity contribution in [3.05, 3.63) is 33.8 Å². The van der Waals surface area contributed by atoms with Crippen LogP contribution in [0.1, 0.15) is 36.9 Å². The van der Waals surface area contributed by atoms with E-state index in [0.717, 1.165) is 24.2 Å². The molecule has 18 heavy (non-hydrogen) atoms. The van der Waals surface area contributed by atoms with Gasteiger partial charge in [0.2, 0.25) is 0 Å². The third-order valence-electron chi connectivity index (χ3n) is 3.51. The van der Waals surface area contributed by atoms with E-state index in [2.05, 4.69) is 53.3 Å². The fraction of sp³-hybridized carbons (Fsp3) is 0.600. The molecule has 1 aliphatic heterocycles. The fourth-order valence-electron chi connectivity index (χ4n) is 2.75. The lowest BCUT2D eigenvalue weighted by molar-refractivity contribution is 0.0392. The molecule has 1 aromatic rings. The number of hydrogen-bond donors (Lipinski definition) is 1. The highest BCUT2D eigenvalue weighted by Crippen LogP contribution is 2.30. The van der Waals surface area contributed by atoms with E-state index in [9.17, 15) is 0 Å². The molecule has 1 saturated heterocycles. The number of rotatable bonds is 4. The highest BCUT2D eigenvalue weighted by molar-refractivity contribution is 9.10. The summed E-state index contributed by atoms with van der Waals surface area (Å²) in [5, 5.41) is 3.62. The molecule has 1 heterocycles. The lowest BCUT2D eigenvalue weighted by Crippen LogP contribution is -2.33. The van der Waals surface area contributed by atoms with Gasteiger partial charge < -0.3 is 10.1 Å². The highest BCUT2D eigenvalue weighted by Gasteiger charge is 2.25. The molecule has 100 valence electrons. The van der Waals surface area contributed by atoms with E-state index >= 15 is 0 Å². The van der Waals surface area contributed by atoms with Crippen LogP contribution in [-0.2, 0) is 4.74 Å². The van der Waals surface area contributed by atoms with Crippen LogP contribution >= 0.6 is 15.9 Å². The first-order valence-corrected chi connectivity index (χ1v) is 7.58. The van der Waals surface area contributed by atoms with Crippen molar-refractivity contribution in [2.75, 3.05) is 19.8 Å². The monoisotopic (exact) mass is 311 g/mol. The molecule has 0 aliphatic carbocycles. The predicted octanol–water partition coefficient (Wildman–Crippen LogP) is 3.83. The van der Waals surface area contributed by atoms with Crippen LogP contribution in [0.25, 0.3) is 0 Å². The van der Waals surface area contributed by atoms with Gasteiger partial charge in [-0.1, -0.05) is 28.9 Å². The first-order chi connectivity index (χ1) is 8.70. The molecular weight excluding hydrogens is 290 g/mol. The van der Waals surface area contributed by atoms with Gasteiger partial charge in [-0.05, 0) is 49.6 Å². The Morgan fingerprint density at radius 2 is 2.28 bits per heavy atom. The summed E-state index contributed by atoms with van der Waals surface area (Å²) in [5.41, 5.74) is 2.68. The Hall–Kier alpha value is -0.380. The van der Waals surface area contributed by atoms with Crippen molar-refractivity contribution >= 4 is 15.9 Å². The molecule has 1 N–H and O–H groups in total. The van der Waals surface area contributed by atoms with Crippen LogP contribution in [0, 0.1) is 12.8 Å². The van der Waals surface area contributed by atoms with Gasteiger partial charge in [-0.15, -0.1) is 0 Å². The molecule has 1 aliphatic rings. The predicted molar refractivity (Wildman–Crippen MR) is 78.8 cm³/mol. The molecule has 2 rings (SSSR count). The second-order valence-electron chi connectivity index (χ2n) is 5.07. The van der Waals surface area contributed by atoms with Gasteiger partial charge in [0.1, 0.15) is 0 Å². The second-order valence-corrected chi connectivity index (χ2v) is 5.99. The maximum Gasteiger partial charge on any atom is 0.0512 e. The summed E-state index contributed by atoms with van der Waals surface area (Å²) in [4.78, 5) is 0. The number of nitrogens with one attached hydrogen (secondary N) is 1. The summed E-state index contributed by atoms with van der Waals surface area (Å²) in [6, 6.07) is 7.08. The molecule has 0 aromatic heterocycles. The molecule has 0 amide bonds. The van der Waals surface area contributed by atoms with E-state index in [1.54, 1.807) is 0 Å². The minimum atomic E-state index is 0.409. The second kappa shape index (κ2) is 6.69. The van der Waals surface area contributed by atoms with Gasteiger partial charge in [0, 0.05) is 23.0 Å². The van der Waals surface area contributed by atoms with Gasteiger partial charge in [0.05, 0.1) is 6.61 Å². The summed E-state index contributed by atoms with van der Waals surface area (Å²) < 4.78 is 6.80. The zero-order valence-electron chi connectivity index (χ0n) is 11.2. The van der Waals surface area contributed by atoms with Gasteiger partial charge in [-0.25, -0.2) is 0 Å². The molecule has 0 bridgehead atoms. The molecule has 0 radical (unpaired) electrons. The van der Waals surface area contributed by atoms with Crippen molar-refractivity contribution in [3.8, 4) is 0 Å². The molecule has 3 heteroatoms. The Bertz CT molecular complexity index is 368. The van der Waals surface area contributed by atoms with Gasteiger partial charge in [-0.2, -0.15) is 0 Å². The zero-order valence-corrected chi connectivity index (χ0v) is 12.8. The molecule has 0 saturated carbocycles. The van der Waals surface area contributed by atoms with Gasteiger partial charge in [-0.3, -0.25) is 0 Å². The fourth-order valence-corrected chi connectivity index (χ4v) is 3.37. The Kier molecular flexibility index (Phi) is 5.22. The number of halogens is 1. The zero-order chi connectivity index (χ0) is 13.0. The van der Waals surface area contributed by atoms with Crippen molar-refractivity contribution in [1.29, 1.82) is 0 Å². The van der Waals surface area contributed by atoms with Crippen LogP contribution in [0.3, 0.4) is 0 Å². The molecule has 1 fully saturated rings. The largest absolute Gasteiger partial charge is 0.381 e. The summed E-state index contributed by atoms with van der Waals surface area (Å²) in [7, 11) is 0. The first kappa shape index (κ1) is 14.0. The van der Waals surface area contributed by atoms with E-state index < -0.39 is 0 Å². The summed E-state index contributed by atoms with van der Waals surface area (Å²) in [6.07, 6.45) is 2.43. The van der Waals surface area contributed by atoms with E-state index in [1.807, 2.05) is 0 Å². The quantitative estimate of drug-likeness (QED) is 0.912. The summed E-state index contributed by atoms with van der Waals surface area (Å²) in [5.74, 6) is 0.590. The van der Waals surface area contributed by atoms with Crippen LogP contribution in [0.5, 0.6) is 0 Å². The number of aryl methyl sites for hydroxylation is 1. The van der Waals surface area contributed by atoms with Gasteiger partial charge >= 0.3 is 0 Å². The minimum absolute atomic E-state index is 0.409. The van der Waals surface area contributed by atoms with Crippen molar-refractivity contribution in [2.45, 2.75) is 32.7 Å². The number of benzene rings is 1. The lowest BCUT2D eigenvalue weighted by Gasteiger charge is -2.31. The first-order valence-electron chi connectivity index (χ1n) is 6.79. The Labute approximate surface area is 118 Å². The van der Waals surface area contributed by atoms with Crippen LogP contribution in [-0.4, -0.2) is 19.8 Å². The van der Waals surface area contributed by atoms with Crippen molar-refractivity contribution in [2.24, 2.45) is 5.92 Å². The van der Waals surface area contributed by atoms with Gasteiger partial charge in [0.25, 0.3) is 0 Å². The van der Waals surface area contributed by atoms with E-state index in [4.69, 9.17) is 4.74 Å². The molecule has 1 aromatic carbocycles. The van der Waals surface area contributed by atoms with E-state index in [1.165, 1.54) is 24.0 Å². The smallest absolute Gasteiger partial charge is 0.0512 e. The van der Waals surface area contributed by atoms with E-state index in [0.29, 0.717) is 12.0 Å². The Morgan fingerprint density at radius 3 is 2.89 bits per heavy atom. The standard InChI is InChI=1S/C15H22BrNO/c1-3-17-15(12-5-4-6-18-10-12)13-7-11(2)8-14(16)9-13/h7-9,12,15,17H,3-6,10H2,1-2H3. The number of hydrogen-bond acceptors (Lipinski definition) is 2. The van der Waals surface area contributed by atoms with Crippen molar-refractivity contribution < 1.29 is 4.74 Å². The minimum Gasteiger partial charge on any atom is -0.381 e. The third-order valence-corrected chi connectivity index (χ3v) is 3.97. The van der Waals surface area contributed by atoms with Crippen LogP contribution in [0.4, 0.5) is 0 Å². The van der Waals surface area contributed by atoms with Crippen molar-refractivity contribution in [3.63, 3.8) is 0 Å². The number of ether oxygens (including phenoxy) is 1. The lowest BCUT2D eigenvalue weighted by atomic mass is 9.88. The maximum atomic E-state index is 5.64. The molecule has 2 nitrogen and oxygen atoms in total. The molecule has 2 atom stereocenters. The van der Waals surface area contributed by atoms with Gasteiger partial charge in [0.15, 0.2) is 0 Å². The Balaban J connectivity index is 2.22. The molecule has 2 unspecified atom stereocenters. The topological polar surface area (TPSA) is 21.3 Å². The summed E-state index contributed by atoms with van der Waals surface area (Å²) >= 11 is 3.60. The van der Waals surface area contributed by atoms with Crippen LogP contribution in [0.2, 0.25) is 0 Å². The maximum absolute atomic E-state index is 5.64. The SMILES string of the molecule is CCNC(c1cc(C)cc(Br)c1)C1CCCOC1. The van der Waals surface area contributed by atoms with E-state index in [-0.39, 0.29) is 0 Å². The molecule has 0 spiro atoms. The highest BCUT2D eigenvalue weighted by atomic mass is 79.9.